The molecule has 2 aromatic carbocycles. The molecule has 1 N–H and O–H groups in total. The molecule has 1 amide bonds. The zero-order valence-electron chi connectivity index (χ0n) is 12.8. The van der Waals surface area contributed by atoms with Crippen LogP contribution < -0.4 is 14.9 Å². The number of nitrogens with zero attached hydrogens (tertiary/aromatic N) is 1. The molecule has 1 aliphatic rings. The van der Waals surface area contributed by atoms with Crippen LogP contribution in [0.1, 0.15) is 12.5 Å². The molecule has 0 spiro atoms. The second kappa shape index (κ2) is 7.11. The number of amides is 1. The van der Waals surface area contributed by atoms with Crippen molar-refractivity contribution in [2.45, 2.75) is 13.0 Å². The van der Waals surface area contributed by atoms with Crippen LogP contribution in [-0.4, -0.2) is 24.3 Å². The van der Waals surface area contributed by atoms with Crippen molar-refractivity contribution in [1.82, 2.24) is 5.43 Å². The number of nitrogens with one attached hydrogen (secondary N) is 1. The topological polar surface area (TPSA) is 59.9 Å². The van der Waals surface area contributed by atoms with Crippen LogP contribution in [0, 0.1) is 0 Å². The van der Waals surface area contributed by atoms with Gasteiger partial charge in [0.25, 0.3) is 5.91 Å². The lowest BCUT2D eigenvalue weighted by Gasteiger charge is -2.24. The Kier molecular flexibility index (Phi) is 4.92. The molecule has 24 heavy (non-hydrogen) atoms. The van der Waals surface area contributed by atoms with Gasteiger partial charge in [-0.1, -0.05) is 41.4 Å². The summed E-state index contributed by atoms with van der Waals surface area (Å²) in [4.78, 5) is 12.2. The SMILES string of the molecule is C/C(=N/NC(=O)[C@@H]1COc2ccccc2O1)c1ccc(Cl)c(Cl)c1. The van der Waals surface area contributed by atoms with Crippen LogP contribution in [0.3, 0.4) is 0 Å². The zero-order valence-corrected chi connectivity index (χ0v) is 14.3. The van der Waals surface area contributed by atoms with Crippen LogP contribution >= 0.6 is 23.2 Å². The van der Waals surface area contributed by atoms with Gasteiger partial charge in [0.2, 0.25) is 6.10 Å². The molecule has 1 heterocycles. The third-order valence-electron chi connectivity index (χ3n) is 3.47. The zero-order chi connectivity index (χ0) is 17.1. The highest BCUT2D eigenvalue weighted by Gasteiger charge is 2.27. The predicted molar refractivity (Wildman–Crippen MR) is 93.2 cm³/mol. The fourth-order valence-electron chi connectivity index (χ4n) is 2.15. The van der Waals surface area contributed by atoms with Crippen molar-refractivity contribution in [3.8, 4) is 11.5 Å². The first-order valence-electron chi connectivity index (χ1n) is 7.22. The predicted octanol–water partition coefficient (Wildman–Crippen LogP) is 3.67. The lowest BCUT2D eigenvalue weighted by Crippen LogP contribution is -2.42. The molecular weight excluding hydrogens is 351 g/mol. The number of hydrazone groups is 1. The van der Waals surface area contributed by atoms with Gasteiger partial charge in [-0.25, -0.2) is 5.43 Å². The fourth-order valence-corrected chi connectivity index (χ4v) is 2.44. The van der Waals surface area contributed by atoms with Gasteiger partial charge in [-0.05, 0) is 36.8 Å². The first-order chi connectivity index (χ1) is 11.5. The lowest BCUT2D eigenvalue weighted by molar-refractivity contribution is -0.130. The van der Waals surface area contributed by atoms with E-state index in [4.69, 9.17) is 32.7 Å². The number of hydrogen-bond donors (Lipinski definition) is 1. The molecule has 1 atom stereocenters. The van der Waals surface area contributed by atoms with E-state index in [0.717, 1.165) is 5.56 Å². The summed E-state index contributed by atoms with van der Waals surface area (Å²) in [5.41, 5.74) is 3.84. The van der Waals surface area contributed by atoms with Crippen LogP contribution in [0.5, 0.6) is 11.5 Å². The Labute approximate surface area is 149 Å². The number of benzene rings is 2. The van der Waals surface area contributed by atoms with E-state index in [1.54, 1.807) is 37.3 Å². The van der Waals surface area contributed by atoms with E-state index >= 15 is 0 Å². The summed E-state index contributed by atoms with van der Waals surface area (Å²) in [5, 5.41) is 4.96. The molecule has 0 saturated carbocycles. The van der Waals surface area contributed by atoms with Crippen molar-refractivity contribution in [3.63, 3.8) is 0 Å². The largest absolute Gasteiger partial charge is 0.485 e. The van der Waals surface area contributed by atoms with E-state index in [-0.39, 0.29) is 12.5 Å². The molecule has 2 aromatic rings. The summed E-state index contributed by atoms with van der Waals surface area (Å²) in [5.74, 6) is 0.773. The summed E-state index contributed by atoms with van der Waals surface area (Å²) in [7, 11) is 0. The van der Waals surface area contributed by atoms with Crippen molar-refractivity contribution < 1.29 is 14.3 Å². The number of halogens is 2. The second-order valence-corrected chi connectivity index (χ2v) is 5.98. The maximum absolute atomic E-state index is 12.2. The second-order valence-electron chi connectivity index (χ2n) is 5.17. The molecule has 0 aliphatic carbocycles. The van der Waals surface area contributed by atoms with Crippen LogP contribution in [0.25, 0.3) is 0 Å². The highest BCUT2D eigenvalue weighted by molar-refractivity contribution is 6.42. The van der Waals surface area contributed by atoms with Gasteiger partial charge in [0.1, 0.15) is 6.61 Å². The van der Waals surface area contributed by atoms with Gasteiger partial charge >= 0.3 is 0 Å². The average molecular weight is 365 g/mol. The number of carbonyl (C=O) groups is 1. The van der Waals surface area contributed by atoms with Crippen molar-refractivity contribution in [3.05, 3.63) is 58.1 Å². The van der Waals surface area contributed by atoms with Crippen molar-refractivity contribution >= 4 is 34.8 Å². The molecule has 1 aliphatic heterocycles. The Balaban J connectivity index is 1.66. The van der Waals surface area contributed by atoms with Crippen LogP contribution in [0.2, 0.25) is 10.0 Å². The van der Waals surface area contributed by atoms with Gasteiger partial charge in [-0.15, -0.1) is 0 Å². The normalized spacial score (nSPS) is 16.6. The van der Waals surface area contributed by atoms with E-state index in [1.165, 1.54) is 0 Å². The number of carbonyl (C=O) groups excluding carboxylic acids is 1. The van der Waals surface area contributed by atoms with E-state index in [0.29, 0.717) is 27.3 Å². The van der Waals surface area contributed by atoms with Gasteiger partial charge < -0.3 is 9.47 Å². The standard InChI is InChI=1S/C17H14Cl2N2O3/c1-10(11-6-7-12(18)13(19)8-11)20-21-17(22)16-9-23-14-4-2-3-5-15(14)24-16/h2-8,16H,9H2,1H3,(H,21,22)/b20-10-/t16-/m0/s1. The summed E-state index contributed by atoms with van der Waals surface area (Å²) in [6, 6.07) is 12.3. The Morgan fingerprint density at radius 1 is 1.17 bits per heavy atom. The number of fused-ring (bicyclic) bond motifs is 1. The summed E-state index contributed by atoms with van der Waals surface area (Å²) < 4.78 is 11.1. The monoisotopic (exact) mass is 364 g/mol. The Morgan fingerprint density at radius 3 is 2.67 bits per heavy atom. The minimum Gasteiger partial charge on any atom is -0.485 e. The maximum Gasteiger partial charge on any atom is 0.284 e. The summed E-state index contributed by atoms with van der Waals surface area (Å²) in [6.45, 7) is 1.89. The molecule has 7 heteroatoms. The third kappa shape index (κ3) is 3.63. The molecular formula is C17H14Cl2N2O3. The van der Waals surface area contributed by atoms with Crippen molar-refractivity contribution in [1.29, 1.82) is 0 Å². The Hall–Kier alpha value is -2.24. The lowest BCUT2D eigenvalue weighted by atomic mass is 10.1. The summed E-state index contributed by atoms with van der Waals surface area (Å²) >= 11 is 11.9. The first-order valence-corrected chi connectivity index (χ1v) is 7.98. The molecule has 0 saturated heterocycles. The van der Waals surface area contributed by atoms with Gasteiger partial charge in [0, 0.05) is 0 Å². The van der Waals surface area contributed by atoms with Gasteiger partial charge in [-0.3, -0.25) is 4.79 Å². The average Bonchev–Trinajstić information content (AvgIpc) is 2.61. The van der Waals surface area contributed by atoms with Gasteiger partial charge in [0.05, 0.1) is 15.8 Å². The van der Waals surface area contributed by atoms with E-state index in [9.17, 15) is 4.79 Å². The van der Waals surface area contributed by atoms with Crippen molar-refractivity contribution in [2.75, 3.05) is 6.61 Å². The van der Waals surface area contributed by atoms with Crippen molar-refractivity contribution in [2.24, 2.45) is 5.10 Å². The summed E-state index contributed by atoms with van der Waals surface area (Å²) in [6.07, 6.45) is -0.759. The molecule has 0 unspecified atom stereocenters. The molecule has 0 bridgehead atoms. The number of rotatable bonds is 3. The van der Waals surface area contributed by atoms with E-state index < -0.39 is 6.10 Å². The third-order valence-corrected chi connectivity index (χ3v) is 4.21. The smallest absolute Gasteiger partial charge is 0.284 e. The highest BCUT2D eigenvalue weighted by Crippen LogP contribution is 2.30. The molecule has 0 aromatic heterocycles. The highest BCUT2D eigenvalue weighted by atomic mass is 35.5. The van der Waals surface area contributed by atoms with Gasteiger partial charge in [0.15, 0.2) is 11.5 Å². The molecule has 0 fully saturated rings. The first kappa shape index (κ1) is 16.6. The van der Waals surface area contributed by atoms with Gasteiger partial charge in [-0.2, -0.15) is 5.10 Å². The maximum atomic E-state index is 12.2. The fraction of sp³-hybridized carbons (Fsp3) is 0.176. The minimum absolute atomic E-state index is 0.129. The van der Waals surface area contributed by atoms with E-state index in [2.05, 4.69) is 10.5 Å². The molecule has 0 radical (unpaired) electrons. The Bertz CT molecular complexity index is 808. The minimum atomic E-state index is -0.759. The number of ether oxygens (including phenoxy) is 2. The molecule has 3 rings (SSSR count). The van der Waals surface area contributed by atoms with Crippen LogP contribution in [0.4, 0.5) is 0 Å². The van der Waals surface area contributed by atoms with E-state index in [1.807, 2.05) is 12.1 Å². The number of hydrogen-bond acceptors (Lipinski definition) is 4. The molecule has 124 valence electrons. The Morgan fingerprint density at radius 2 is 1.92 bits per heavy atom. The van der Waals surface area contributed by atoms with Crippen LogP contribution in [0.15, 0.2) is 47.6 Å². The quantitative estimate of drug-likeness (QED) is 0.667. The molecule has 5 nitrogen and oxygen atoms in total. The number of para-hydroxylation sites is 2. The van der Waals surface area contributed by atoms with Crippen LogP contribution in [-0.2, 0) is 4.79 Å².